The van der Waals surface area contributed by atoms with E-state index in [1.165, 1.54) is 28.2 Å². The molecule has 0 aliphatic heterocycles. The fourth-order valence-corrected chi connectivity index (χ4v) is 2.81. The Labute approximate surface area is 116 Å². The van der Waals surface area contributed by atoms with Crippen LogP contribution >= 0.6 is 11.3 Å². The van der Waals surface area contributed by atoms with Crippen molar-refractivity contribution in [1.82, 2.24) is 15.5 Å². The van der Waals surface area contributed by atoms with Crippen molar-refractivity contribution in [2.75, 3.05) is 5.32 Å². The number of aromatic nitrogens is 2. The van der Waals surface area contributed by atoms with Gasteiger partial charge in [0.2, 0.25) is 5.89 Å². The van der Waals surface area contributed by atoms with Gasteiger partial charge in [0.25, 0.3) is 0 Å². The van der Waals surface area contributed by atoms with Gasteiger partial charge in [-0.15, -0.1) is 16.4 Å². The molecule has 1 aliphatic rings. The average Bonchev–Trinajstić information content (AvgIpc) is 3.02. The fourth-order valence-electron chi connectivity index (χ4n) is 1.82. The number of aryl methyl sites for hydroxylation is 2. The number of thiophene rings is 1. The summed E-state index contributed by atoms with van der Waals surface area (Å²) in [6, 6.07) is 3.34. The van der Waals surface area contributed by atoms with Gasteiger partial charge in [0, 0.05) is 15.8 Å². The van der Waals surface area contributed by atoms with Gasteiger partial charge in [-0.05, 0) is 38.3 Å². The molecule has 0 radical (unpaired) electrons. The van der Waals surface area contributed by atoms with Gasteiger partial charge in [-0.3, -0.25) is 0 Å². The molecule has 0 atom stereocenters. The zero-order valence-electron chi connectivity index (χ0n) is 11.2. The molecule has 2 aromatic rings. The molecule has 0 spiro atoms. The number of rotatable bonds is 6. The highest BCUT2D eigenvalue weighted by Gasteiger charge is 2.21. The summed E-state index contributed by atoms with van der Waals surface area (Å²) < 4.78 is 5.53. The van der Waals surface area contributed by atoms with Crippen LogP contribution in [-0.4, -0.2) is 16.2 Å². The van der Waals surface area contributed by atoms with E-state index in [9.17, 15) is 0 Å². The van der Waals surface area contributed by atoms with Crippen LogP contribution in [-0.2, 0) is 13.1 Å². The molecular weight excluding hydrogens is 260 g/mol. The first-order chi connectivity index (χ1) is 9.20. The maximum Gasteiger partial charge on any atom is 0.315 e. The predicted octanol–water partition coefficient (Wildman–Crippen LogP) is 2.61. The summed E-state index contributed by atoms with van der Waals surface area (Å²) in [4.78, 5) is 2.64. The highest BCUT2D eigenvalue weighted by molar-refractivity contribution is 7.12. The van der Waals surface area contributed by atoms with Crippen molar-refractivity contribution in [1.29, 1.82) is 0 Å². The summed E-state index contributed by atoms with van der Waals surface area (Å²) in [5.41, 5.74) is 1.33. The van der Waals surface area contributed by atoms with Gasteiger partial charge >= 0.3 is 6.01 Å². The Balaban J connectivity index is 1.51. The second-order valence-corrected chi connectivity index (χ2v) is 6.30. The third kappa shape index (κ3) is 3.33. The van der Waals surface area contributed by atoms with Crippen LogP contribution < -0.4 is 10.6 Å². The second kappa shape index (κ2) is 5.30. The van der Waals surface area contributed by atoms with Crippen molar-refractivity contribution >= 4 is 17.4 Å². The number of hydrogen-bond acceptors (Lipinski definition) is 6. The Bertz CT molecular complexity index is 539. The normalized spacial score (nSPS) is 14.8. The second-order valence-electron chi connectivity index (χ2n) is 4.96. The smallest absolute Gasteiger partial charge is 0.315 e. The molecule has 0 unspecified atom stereocenters. The Morgan fingerprint density at radius 2 is 2.16 bits per heavy atom. The van der Waals surface area contributed by atoms with Crippen LogP contribution in [0.25, 0.3) is 0 Å². The molecule has 0 aromatic carbocycles. The lowest BCUT2D eigenvalue weighted by molar-refractivity contribution is 0.476. The van der Waals surface area contributed by atoms with Crippen LogP contribution in [0.3, 0.4) is 0 Å². The van der Waals surface area contributed by atoms with Gasteiger partial charge < -0.3 is 15.1 Å². The monoisotopic (exact) mass is 278 g/mol. The highest BCUT2D eigenvalue weighted by Crippen LogP contribution is 2.22. The van der Waals surface area contributed by atoms with Crippen LogP contribution in [0.5, 0.6) is 0 Å². The topological polar surface area (TPSA) is 63.0 Å². The van der Waals surface area contributed by atoms with E-state index in [0.717, 1.165) is 6.54 Å². The number of nitrogens with one attached hydrogen (secondary N) is 2. The molecule has 3 rings (SSSR count). The Morgan fingerprint density at radius 1 is 1.32 bits per heavy atom. The SMILES string of the molecule is Cc1cc(CNc2nnc(CNC3CC3)o2)sc1C. The van der Waals surface area contributed by atoms with Crippen molar-refractivity contribution in [2.24, 2.45) is 0 Å². The van der Waals surface area contributed by atoms with Gasteiger partial charge in [0.05, 0.1) is 13.1 Å². The minimum absolute atomic E-state index is 0.497. The molecule has 2 aromatic heterocycles. The van der Waals surface area contributed by atoms with Gasteiger partial charge in [0.15, 0.2) is 0 Å². The van der Waals surface area contributed by atoms with Crippen LogP contribution in [0.2, 0.25) is 0 Å². The standard InChI is InChI=1S/C13H18N4OS/c1-8-5-11(19-9(8)2)6-15-13-17-16-12(18-13)7-14-10-3-4-10/h5,10,14H,3-4,6-7H2,1-2H3,(H,15,17). The summed E-state index contributed by atoms with van der Waals surface area (Å²) >= 11 is 1.80. The van der Waals surface area contributed by atoms with Gasteiger partial charge in [0.1, 0.15) is 0 Å². The quantitative estimate of drug-likeness (QED) is 0.850. The van der Waals surface area contributed by atoms with Crippen molar-refractivity contribution in [3.8, 4) is 0 Å². The van der Waals surface area contributed by atoms with Gasteiger partial charge in [-0.25, -0.2) is 0 Å². The van der Waals surface area contributed by atoms with Crippen molar-refractivity contribution in [2.45, 2.75) is 45.8 Å². The van der Waals surface area contributed by atoms with Gasteiger partial charge in [-0.2, -0.15) is 0 Å². The lowest BCUT2D eigenvalue weighted by atomic mass is 10.3. The summed E-state index contributed by atoms with van der Waals surface area (Å²) in [5.74, 6) is 0.646. The van der Waals surface area contributed by atoms with E-state index in [4.69, 9.17) is 4.42 Å². The Hall–Kier alpha value is -1.40. The molecule has 0 saturated heterocycles. The van der Waals surface area contributed by atoms with E-state index < -0.39 is 0 Å². The molecule has 2 N–H and O–H groups in total. The highest BCUT2D eigenvalue weighted by atomic mass is 32.1. The van der Waals surface area contributed by atoms with Crippen LogP contribution in [0.15, 0.2) is 10.5 Å². The van der Waals surface area contributed by atoms with Crippen molar-refractivity contribution in [3.05, 3.63) is 27.3 Å². The third-order valence-electron chi connectivity index (χ3n) is 3.22. The predicted molar refractivity (Wildman–Crippen MR) is 75.3 cm³/mol. The summed E-state index contributed by atoms with van der Waals surface area (Å²) in [6.45, 7) is 5.66. The first-order valence-corrected chi connectivity index (χ1v) is 7.38. The zero-order chi connectivity index (χ0) is 13.2. The Kier molecular flexibility index (Phi) is 3.52. The van der Waals surface area contributed by atoms with Crippen LogP contribution in [0.4, 0.5) is 6.01 Å². The number of nitrogens with zero attached hydrogens (tertiary/aromatic N) is 2. The maximum atomic E-state index is 5.53. The lowest BCUT2D eigenvalue weighted by Crippen LogP contribution is -2.15. The van der Waals surface area contributed by atoms with E-state index >= 15 is 0 Å². The summed E-state index contributed by atoms with van der Waals surface area (Å²) in [7, 11) is 0. The third-order valence-corrected chi connectivity index (χ3v) is 4.37. The van der Waals surface area contributed by atoms with E-state index in [2.05, 4.69) is 40.7 Å². The zero-order valence-corrected chi connectivity index (χ0v) is 12.0. The molecule has 102 valence electrons. The summed E-state index contributed by atoms with van der Waals surface area (Å²) in [5, 5.41) is 14.5. The van der Waals surface area contributed by atoms with E-state index in [1.54, 1.807) is 11.3 Å². The van der Waals surface area contributed by atoms with E-state index in [0.29, 0.717) is 24.5 Å². The minimum atomic E-state index is 0.497. The molecular formula is C13H18N4OS. The van der Waals surface area contributed by atoms with Crippen LogP contribution in [0.1, 0.15) is 34.1 Å². The average molecular weight is 278 g/mol. The molecule has 2 heterocycles. The molecule has 1 aliphatic carbocycles. The molecule has 5 nitrogen and oxygen atoms in total. The van der Waals surface area contributed by atoms with E-state index in [1.807, 2.05) is 0 Å². The van der Waals surface area contributed by atoms with E-state index in [-0.39, 0.29) is 0 Å². The molecule has 0 amide bonds. The Morgan fingerprint density at radius 3 is 2.84 bits per heavy atom. The molecule has 0 bridgehead atoms. The molecule has 1 fully saturated rings. The minimum Gasteiger partial charge on any atom is -0.407 e. The number of anilines is 1. The maximum absolute atomic E-state index is 5.53. The molecule has 19 heavy (non-hydrogen) atoms. The first kappa shape index (κ1) is 12.6. The largest absolute Gasteiger partial charge is 0.407 e. The van der Waals surface area contributed by atoms with Crippen molar-refractivity contribution < 1.29 is 4.42 Å². The fraction of sp³-hybridized carbons (Fsp3) is 0.538. The lowest BCUT2D eigenvalue weighted by Gasteiger charge is -1.98. The first-order valence-electron chi connectivity index (χ1n) is 6.56. The van der Waals surface area contributed by atoms with Crippen LogP contribution in [0, 0.1) is 13.8 Å². The summed E-state index contributed by atoms with van der Waals surface area (Å²) in [6.07, 6.45) is 2.52. The molecule has 6 heteroatoms. The number of hydrogen-bond donors (Lipinski definition) is 2. The van der Waals surface area contributed by atoms with Crippen molar-refractivity contribution in [3.63, 3.8) is 0 Å². The van der Waals surface area contributed by atoms with Gasteiger partial charge in [-0.1, -0.05) is 5.10 Å². The molecule has 1 saturated carbocycles.